The van der Waals surface area contributed by atoms with Gasteiger partial charge in [-0.3, -0.25) is 9.67 Å². The summed E-state index contributed by atoms with van der Waals surface area (Å²) >= 11 is 5.27. The lowest BCUT2D eigenvalue weighted by Crippen LogP contribution is -2.31. The molecule has 0 saturated carbocycles. The normalized spacial score (nSPS) is 10.8. The van der Waals surface area contributed by atoms with Crippen molar-refractivity contribution in [3.63, 3.8) is 0 Å². The molecule has 0 spiro atoms. The van der Waals surface area contributed by atoms with Gasteiger partial charge in [-0.25, -0.2) is 9.97 Å². The van der Waals surface area contributed by atoms with E-state index in [0.29, 0.717) is 47.5 Å². The van der Waals surface area contributed by atoms with Crippen molar-refractivity contribution in [3.05, 3.63) is 60.6 Å². The number of hydrogen-bond donors (Lipinski definition) is 2. The van der Waals surface area contributed by atoms with Crippen LogP contribution in [0.15, 0.2) is 55.0 Å². The molecule has 0 atom stereocenters. The average Bonchev–Trinajstić information content (AvgIpc) is 3.27. The number of methoxy groups -OCH3 is 2. The van der Waals surface area contributed by atoms with E-state index >= 15 is 0 Å². The predicted molar refractivity (Wildman–Crippen MR) is 127 cm³/mol. The SMILES string of the molecule is COCCNC(=S)Nc1ccc2ncc(-c3cnn(Cc4cccc(OC)c4)c3)nc2n1. The third-order valence-corrected chi connectivity index (χ3v) is 4.89. The summed E-state index contributed by atoms with van der Waals surface area (Å²) in [5.74, 6) is 1.41. The van der Waals surface area contributed by atoms with E-state index < -0.39 is 0 Å². The van der Waals surface area contributed by atoms with Crippen LogP contribution in [0.5, 0.6) is 5.75 Å². The molecule has 32 heavy (non-hydrogen) atoms. The maximum absolute atomic E-state index is 5.29. The van der Waals surface area contributed by atoms with Gasteiger partial charge in [0.05, 0.1) is 38.3 Å². The van der Waals surface area contributed by atoms with Crippen LogP contribution >= 0.6 is 12.2 Å². The zero-order valence-corrected chi connectivity index (χ0v) is 18.6. The topological polar surface area (TPSA) is 99.0 Å². The zero-order valence-electron chi connectivity index (χ0n) is 17.8. The summed E-state index contributed by atoms with van der Waals surface area (Å²) < 4.78 is 12.1. The zero-order chi connectivity index (χ0) is 22.3. The number of aromatic nitrogens is 5. The van der Waals surface area contributed by atoms with Crippen LogP contribution in [0.2, 0.25) is 0 Å². The number of hydrogen-bond acceptors (Lipinski definition) is 7. The summed E-state index contributed by atoms with van der Waals surface area (Å²) in [6, 6.07) is 11.6. The molecule has 4 rings (SSSR count). The molecule has 1 aromatic carbocycles. The Labute approximate surface area is 190 Å². The van der Waals surface area contributed by atoms with Crippen LogP contribution in [0.1, 0.15) is 5.56 Å². The number of nitrogens with zero attached hydrogens (tertiary/aromatic N) is 5. The molecule has 2 N–H and O–H groups in total. The van der Waals surface area contributed by atoms with E-state index in [-0.39, 0.29) is 0 Å². The van der Waals surface area contributed by atoms with E-state index in [2.05, 4.69) is 30.7 Å². The number of nitrogens with one attached hydrogen (secondary N) is 2. The Morgan fingerprint density at radius 2 is 2.03 bits per heavy atom. The highest BCUT2D eigenvalue weighted by Crippen LogP contribution is 2.20. The molecule has 0 aliphatic rings. The fourth-order valence-corrected chi connectivity index (χ4v) is 3.28. The van der Waals surface area contributed by atoms with Crippen molar-refractivity contribution in [2.45, 2.75) is 6.54 Å². The Balaban J connectivity index is 1.50. The second kappa shape index (κ2) is 10.1. The summed E-state index contributed by atoms with van der Waals surface area (Å²) in [6.07, 6.45) is 5.43. The molecule has 0 bridgehead atoms. The lowest BCUT2D eigenvalue weighted by atomic mass is 10.2. The van der Waals surface area contributed by atoms with Crippen LogP contribution < -0.4 is 15.4 Å². The molecular formula is C22H23N7O2S. The Hall–Kier alpha value is -3.63. The number of benzene rings is 1. The van der Waals surface area contributed by atoms with Crippen molar-refractivity contribution >= 4 is 34.3 Å². The van der Waals surface area contributed by atoms with Gasteiger partial charge < -0.3 is 20.1 Å². The molecular weight excluding hydrogens is 426 g/mol. The lowest BCUT2D eigenvalue weighted by Gasteiger charge is -2.09. The Kier molecular flexibility index (Phi) is 6.83. The molecule has 3 aromatic heterocycles. The molecule has 9 nitrogen and oxygen atoms in total. The number of pyridine rings is 1. The first-order valence-corrected chi connectivity index (χ1v) is 10.4. The Morgan fingerprint density at radius 3 is 2.88 bits per heavy atom. The number of ether oxygens (including phenoxy) is 2. The van der Waals surface area contributed by atoms with E-state index in [9.17, 15) is 0 Å². The lowest BCUT2D eigenvalue weighted by molar-refractivity contribution is 0.204. The van der Waals surface area contributed by atoms with Crippen molar-refractivity contribution in [3.8, 4) is 17.0 Å². The maximum Gasteiger partial charge on any atom is 0.180 e. The van der Waals surface area contributed by atoms with Gasteiger partial charge in [0.15, 0.2) is 10.8 Å². The first kappa shape index (κ1) is 21.6. The van der Waals surface area contributed by atoms with Gasteiger partial charge in [-0.15, -0.1) is 0 Å². The van der Waals surface area contributed by atoms with Crippen LogP contribution in [-0.4, -0.2) is 57.2 Å². The minimum Gasteiger partial charge on any atom is -0.497 e. The van der Waals surface area contributed by atoms with Gasteiger partial charge in [0.25, 0.3) is 0 Å². The van der Waals surface area contributed by atoms with Crippen LogP contribution in [0.25, 0.3) is 22.4 Å². The predicted octanol–water partition coefficient (Wildman–Crippen LogP) is 2.88. The molecule has 3 heterocycles. The van der Waals surface area contributed by atoms with Gasteiger partial charge in [0.2, 0.25) is 0 Å². The van der Waals surface area contributed by atoms with E-state index in [1.165, 1.54) is 0 Å². The molecule has 10 heteroatoms. The third kappa shape index (κ3) is 5.34. The maximum atomic E-state index is 5.29. The summed E-state index contributed by atoms with van der Waals surface area (Å²) in [5, 5.41) is 11.0. The number of rotatable bonds is 8. The Morgan fingerprint density at radius 1 is 1.12 bits per heavy atom. The standard InChI is InChI=1S/C22H23N7O2S/c1-30-9-8-23-22(32)28-20-7-6-18-21(27-20)26-19(12-24-18)16-11-25-29(14-16)13-15-4-3-5-17(10-15)31-2/h3-7,10-12,14H,8-9,13H2,1-2H3,(H2,23,26,27,28,32). The summed E-state index contributed by atoms with van der Waals surface area (Å²) in [6.45, 7) is 1.80. The van der Waals surface area contributed by atoms with Gasteiger partial charge in [-0.05, 0) is 42.0 Å². The van der Waals surface area contributed by atoms with Gasteiger partial charge >= 0.3 is 0 Å². The Bertz CT molecular complexity index is 1230. The smallest absolute Gasteiger partial charge is 0.180 e. The molecule has 0 saturated heterocycles. The van der Waals surface area contributed by atoms with E-state index in [0.717, 1.165) is 16.9 Å². The van der Waals surface area contributed by atoms with Crippen molar-refractivity contribution < 1.29 is 9.47 Å². The van der Waals surface area contributed by atoms with E-state index in [1.807, 2.05) is 47.3 Å². The second-order valence-electron chi connectivity index (χ2n) is 6.95. The van der Waals surface area contributed by atoms with Gasteiger partial charge in [0, 0.05) is 25.4 Å². The van der Waals surface area contributed by atoms with Crippen LogP contribution in [0.3, 0.4) is 0 Å². The molecule has 0 unspecified atom stereocenters. The van der Waals surface area contributed by atoms with Crippen molar-refractivity contribution in [1.29, 1.82) is 0 Å². The van der Waals surface area contributed by atoms with Gasteiger partial charge in [-0.1, -0.05) is 12.1 Å². The van der Waals surface area contributed by atoms with E-state index in [1.54, 1.807) is 26.6 Å². The first-order valence-electron chi connectivity index (χ1n) is 9.98. The quantitative estimate of drug-likeness (QED) is 0.311. The fourth-order valence-electron chi connectivity index (χ4n) is 3.07. The molecule has 0 aliphatic carbocycles. The summed E-state index contributed by atoms with van der Waals surface area (Å²) in [4.78, 5) is 13.7. The number of anilines is 1. The molecule has 0 fully saturated rings. The monoisotopic (exact) mass is 449 g/mol. The highest BCUT2D eigenvalue weighted by molar-refractivity contribution is 7.80. The van der Waals surface area contributed by atoms with Gasteiger partial charge in [0.1, 0.15) is 17.1 Å². The van der Waals surface area contributed by atoms with Crippen molar-refractivity contribution in [2.75, 3.05) is 32.7 Å². The molecule has 0 aliphatic heterocycles. The minimum absolute atomic E-state index is 0.469. The number of fused-ring (bicyclic) bond motifs is 1. The summed E-state index contributed by atoms with van der Waals surface area (Å²) in [7, 11) is 3.30. The third-order valence-electron chi connectivity index (χ3n) is 4.65. The molecule has 164 valence electrons. The molecule has 0 radical (unpaired) electrons. The molecule has 4 aromatic rings. The van der Waals surface area contributed by atoms with Gasteiger partial charge in [-0.2, -0.15) is 5.10 Å². The van der Waals surface area contributed by atoms with Crippen LogP contribution in [0.4, 0.5) is 5.82 Å². The van der Waals surface area contributed by atoms with Crippen LogP contribution in [-0.2, 0) is 11.3 Å². The van der Waals surface area contributed by atoms with Crippen molar-refractivity contribution in [2.24, 2.45) is 0 Å². The fraction of sp³-hybridized carbons (Fsp3) is 0.227. The van der Waals surface area contributed by atoms with E-state index in [4.69, 9.17) is 21.7 Å². The average molecular weight is 450 g/mol. The second-order valence-corrected chi connectivity index (χ2v) is 7.35. The highest BCUT2D eigenvalue weighted by atomic mass is 32.1. The summed E-state index contributed by atoms with van der Waals surface area (Å²) in [5.41, 5.74) is 3.86. The highest BCUT2D eigenvalue weighted by Gasteiger charge is 2.09. The largest absolute Gasteiger partial charge is 0.497 e. The number of thiocarbonyl (C=S) groups is 1. The molecule has 0 amide bonds. The van der Waals surface area contributed by atoms with Crippen LogP contribution in [0, 0.1) is 0 Å². The van der Waals surface area contributed by atoms with Crippen molar-refractivity contribution in [1.82, 2.24) is 30.0 Å². The first-order chi connectivity index (χ1) is 15.6. The minimum atomic E-state index is 0.469.